The van der Waals surface area contributed by atoms with Gasteiger partial charge in [0.1, 0.15) is 5.69 Å². The topological polar surface area (TPSA) is 53.0 Å². The largest absolute Gasteiger partial charge is 1.00 e. The molecule has 12 heavy (non-hydrogen) atoms. The van der Waals surface area contributed by atoms with E-state index in [-0.39, 0.29) is 57.1 Å². The van der Waals surface area contributed by atoms with Gasteiger partial charge in [-0.25, -0.2) is 0 Å². The van der Waals surface area contributed by atoms with E-state index in [0.717, 1.165) is 0 Å². The van der Waals surface area contributed by atoms with Crippen molar-refractivity contribution in [2.75, 3.05) is 0 Å². The maximum Gasteiger partial charge on any atom is 1.00 e. The summed E-state index contributed by atoms with van der Waals surface area (Å²) >= 11 is 3.05. The summed E-state index contributed by atoms with van der Waals surface area (Å²) in [5, 5.41) is 10.4. The third kappa shape index (κ3) is 3.24. The molecular weight excluding hydrogens is 249 g/mol. The fourth-order valence-electron chi connectivity index (χ4n) is 0.683. The number of pyridine rings is 1. The summed E-state index contributed by atoms with van der Waals surface area (Å²) in [6.07, 6.45) is 0. The molecule has 0 spiro atoms. The summed E-state index contributed by atoms with van der Waals surface area (Å²) in [4.78, 5) is 14.1. The third-order valence-electron chi connectivity index (χ3n) is 1.18. The molecule has 0 unspecified atom stereocenters. The molecule has 58 valence electrons. The second-order valence-corrected chi connectivity index (χ2v) is 2.92. The molecule has 1 heterocycles. The summed E-state index contributed by atoms with van der Waals surface area (Å²) in [6, 6.07) is 3.35. The molecule has 3 nitrogen and oxygen atoms in total. The van der Waals surface area contributed by atoms with E-state index in [2.05, 4.69) is 20.9 Å². The van der Waals surface area contributed by atoms with Gasteiger partial charge in [-0.15, -0.1) is 0 Å². The van der Waals surface area contributed by atoms with Crippen molar-refractivity contribution in [2.24, 2.45) is 0 Å². The first-order valence-electron chi connectivity index (χ1n) is 2.96. The van der Waals surface area contributed by atoms with Crippen molar-refractivity contribution < 1.29 is 61.3 Å². The van der Waals surface area contributed by atoms with E-state index >= 15 is 0 Å². The van der Waals surface area contributed by atoms with Gasteiger partial charge in [0, 0.05) is 10.2 Å². The molecule has 0 N–H and O–H groups in total. The summed E-state index contributed by atoms with van der Waals surface area (Å²) in [7, 11) is 0. The molecule has 1 aromatic heterocycles. The van der Waals surface area contributed by atoms with Crippen LogP contribution in [-0.2, 0) is 0 Å². The number of halogens is 1. The minimum absolute atomic E-state index is 0. The average molecular weight is 254 g/mol. The van der Waals surface area contributed by atoms with Crippen molar-refractivity contribution >= 4 is 21.9 Å². The van der Waals surface area contributed by atoms with Gasteiger partial charge in [-0.05, 0) is 35.0 Å². The van der Waals surface area contributed by atoms with Crippen molar-refractivity contribution in [3.63, 3.8) is 0 Å². The van der Waals surface area contributed by atoms with Crippen LogP contribution in [0.15, 0.2) is 16.6 Å². The monoisotopic (exact) mass is 253 g/mol. The number of carbonyl (C=O) groups excluding carboxylic acids is 1. The molecule has 1 aromatic rings. The number of carboxylic acids is 1. The van der Waals surface area contributed by atoms with E-state index in [9.17, 15) is 9.90 Å². The van der Waals surface area contributed by atoms with E-state index in [4.69, 9.17) is 0 Å². The molecule has 0 aliphatic heterocycles. The zero-order valence-electron chi connectivity index (χ0n) is 6.80. The Morgan fingerprint density at radius 2 is 2.17 bits per heavy atom. The molecule has 0 saturated carbocycles. The van der Waals surface area contributed by atoms with Crippen LogP contribution in [0.4, 0.5) is 0 Å². The minimum Gasteiger partial charge on any atom is -0.543 e. The van der Waals surface area contributed by atoms with Crippen molar-refractivity contribution in [1.82, 2.24) is 4.98 Å². The van der Waals surface area contributed by atoms with Gasteiger partial charge in [0.2, 0.25) is 0 Å². The van der Waals surface area contributed by atoms with Gasteiger partial charge >= 0.3 is 51.4 Å². The van der Waals surface area contributed by atoms with Crippen LogP contribution < -0.4 is 56.5 Å². The molecule has 5 heteroatoms. The Bertz CT molecular complexity index is 303. The van der Waals surface area contributed by atoms with Crippen LogP contribution in [0, 0.1) is 6.92 Å². The van der Waals surface area contributed by atoms with E-state index in [0.29, 0.717) is 10.2 Å². The van der Waals surface area contributed by atoms with Gasteiger partial charge in [-0.3, -0.25) is 4.98 Å². The van der Waals surface area contributed by atoms with Crippen LogP contribution in [0.3, 0.4) is 0 Å². The van der Waals surface area contributed by atoms with Crippen molar-refractivity contribution in [2.45, 2.75) is 6.92 Å². The Kier molecular flexibility index (Phi) is 5.80. The molecule has 0 radical (unpaired) electrons. The molecule has 1 rings (SSSR count). The van der Waals surface area contributed by atoms with Crippen molar-refractivity contribution in [3.8, 4) is 0 Å². The Morgan fingerprint density at radius 3 is 2.58 bits per heavy atom. The van der Waals surface area contributed by atoms with Gasteiger partial charge < -0.3 is 9.90 Å². The number of nitrogens with zero attached hydrogens (tertiary/aromatic N) is 1. The number of carbonyl (C=O) groups is 1. The first-order valence-corrected chi connectivity index (χ1v) is 3.75. The first kappa shape index (κ1) is 12.7. The average Bonchev–Trinajstić information content (AvgIpc) is 1.94. The molecule has 0 atom stereocenters. The SMILES string of the molecule is Cc1ccc(Br)c(C(=O)[O-])n1.[K+]. The smallest absolute Gasteiger partial charge is 0.543 e. The zero-order chi connectivity index (χ0) is 8.43. The fourth-order valence-corrected chi connectivity index (χ4v) is 1.07. The normalized spacial score (nSPS) is 8.83. The maximum absolute atomic E-state index is 10.4. The molecule has 0 aliphatic carbocycles. The van der Waals surface area contributed by atoms with Crippen LogP contribution in [0.25, 0.3) is 0 Å². The molecule has 0 aliphatic rings. The van der Waals surface area contributed by atoms with Crippen LogP contribution in [-0.4, -0.2) is 11.0 Å². The Balaban J connectivity index is 0.00000121. The van der Waals surface area contributed by atoms with Crippen molar-refractivity contribution in [3.05, 3.63) is 28.0 Å². The molecule has 0 saturated heterocycles. The maximum atomic E-state index is 10.4. The van der Waals surface area contributed by atoms with Crippen LogP contribution in [0.5, 0.6) is 0 Å². The number of hydrogen-bond acceptors (Lipinski definition) is 3. The number of aryl methyl sites for hydroxylation is 1. The van der Waals surface area contributed by atoms with E-state index in [1.54, 1.807) is 19.1 Å². The quantitative estimate of drug-likeness (QED) is 0.521. The molecular formula is C7H5BrKNO2. The second-order valence-electron chi connectivity index (χ2n) is 2.07. The predicted molar refractivity (Wildman–Crippen MR) is 41.0 cm³/mol. The Morgan fingerprint density at radius 1 is 1.58 bits per heavy atom. The predicted octanol–water partition coefficient (Wildman–Crippen LogP) is -2.48. The minimum atomic E-state index is -1.26. The Hall–Kier alpha value is 0.736. The van der Waals surface area contributed by atoms with E-state index in [1.807, 2.05) is 0 Å². The van der Waals surface area contributed by atoms with Crippen LogP contribution in [0.1, 0.15) is 16.2 Å². The van der Waals surface area contributed by atoms with Gasteiger partial charge in [-0.1, -0.05) is 0 Å². The zero-order valence-corrected chi connectivity index (χ0v) is 11.5. The summed E-state index contributed by atoms with van der Waals surface area (Å²) in [5.41, 5.74) is 0.609. The second kappa shape index (κ2) is 5.46. The van der Waals surface area contributed by atoms with Gasteiger partial charge in [0.25, 0.3) is 0 Å². The number of rotatable bonds is 1. The summed E-state index contributed by atoms with van der Waals surface area (Å²) < 4.78 is 0.447. The van der Waals surface area contributed by atoms with Gasteiger partial charge in [0.05, 0.1) is 5.97 Å². The van der Waals surface area contributed by atoms with Crippen LogP contribution in [0.2, 0.25) is 0 Å². The number of aromatic carboxylic acids is 1. The molecule has 0 fully saturated rings. The number of carboxylic acid groups (broad SMARTS) is 1. The standard InChI is InChI=1S/C7H6BrNO2.K/c1-4-2-3-5(8)6(9-4)7(10)11;/h2-3H,1H3,(H,10,11);/q;+1/p-1. The third-order valence-corrected chi connectivity index (χ3v) is 1.82. The number of aromatic nitrogens is 1. The van der Waals surface area contributed by atoms with E-state index < -0.39 is 5.97 Å². The van der Waals surface area contributed by atoms with Crippen molar-refractivity contribution in [1.29, 1.82) is 0 Å². The first-order chi connectivity index (χ1) is 5.11. The molecule has 0 aromatic carbocycles. The number of hydrogen-bond donors (Lipinski definition) is 0. The van der Waals surface area contributed by atoms with Crippen LogP contribution >= 0.6 is 15.9 Å². The molecule has 0 bridgehead atoms. The Labute approximate surface area is 121 Å². The van der Waals surface area contributed by atoms with Gasteiger partial charge in [-0.2, -0.15) is 0 Å². The van der Waals surface area contributed by atoms with Gasteiger partial charge in [0.15, 0.2) is 0 Å². The van der Waals surface area contributed by atoms with E-state index in [1.165, 1.54) is 0 Å². The summed E-state index contributed by atoms with van der Waals surface area (Å²) in [5.74, 6) is -1.26. The fraction of sp³-hybridized carbons (Fsp3) is 0.143. The summed E-state index contributed by atoms with van der Waals surface area (Å²) in [6.45, 7) is 1.72. The molecule has 0 amide bonds.